The van der Waals surface area contributed by atoms with Crippen molar-refractivity contribution < 1.29 is 9.53 Å². The van der Waals surface area contributed by atoms with Crippen LogP contribution in [0.3, 0.4) is 0 Å². The fourth-order valence-electron chi connectivity index (χ4n) is 1.81. The molecule has 5 heteroatoms. The highest BCUT2D eigenvalue weighted by molar-refractivity contribution is 14.1. The summed E-state index contributed by atoms with van der Waals surface area (Å²) in [7, 11) is 0. The molecule has 0 saturated heterocycles. The number of aromatic nitrogens is 1. The average Bonchev–Trinajstić information content (AvgIpc) is 2.30. The molecule has 2 aromatic rings. The second-order valence-electron chi connectivity index (χ2n) is 4.16. The smallest absolute Gasteiger partial charge is 0.254 e. The molecular weight excluding hydrogens is 355 g/mol. The number of hydrogen-bond acceptors (Lipinski definition) is 3. The quantitative estimate of drug-likeness (QED) is 0.847. The topological polar surface area (TPSA) is 65.2 Å². The lowest BCUT2D eigenvalue weighted by atomic mass is 10.1. The normalized spacial score (nSPS) is 10.3. The number of benzene rings is 1. The third kappa shape index (κ3) is 3.04. The molecule has 2 N–H and O–H groups in total. The molecule has 0 radical (unpaired) electrons. The van der Waals surface area contributed by atoms with Crippen molar-refractivity contribution in [2.24, 2.45) is 5.73 Å². The molecule has 1 amide bonds. The standard InChI is InChI=1S/C14H13IN2O2/c1-8-7-9(2)17-14(12(8)13(16)18)19-11-6-4-3-5-10(11)15/h3-7H,1-2H3,(H2,16,18). The van der Waals surface area contributed by atoms with Gasteiger partial charge in [0.15, 0.2) is 0 Å². The minimum Gasteiger partial charge on any atom is -0.437 e. The van der Waals surface area contributed by atoms with Gasteiger partial charge in [-0.25, -0.2) is 4.98 Å². The van der Waals surface area contributed by atoms with Gasteiger partial charge in [-0.2, -0.15) is 0 Å². The van der Waals surface area contributed by atoms with Crippen molar-refractivity contribution in [1.29, 1.82) is 0 Å². The molecule has 1 heterocycles. The molecule has 0 spiro atoms. The van der Waals surface area contributed by atoms with Crippen LogP contribution in [0.5, 0.6) is 11.6 Å². The summed E-state index contributed by atoms with van der Waals surface area (Å²) in [6.45, 7) is 3.66. The second kappa shape index (κ2) is 5.56. The number of nitrogens with zero attached hydrogens (tertiary/aromatic N) is 1. The van der Waals surface area contributed by atoms with Gasteiger partial charge >= 0.3 is 0 Å². The molecule has 98 valence electrons. The highest BCUT2D eigenvalue weighted by Crippen LogP contribution is 2.29. The van der Waals surface area contributed by atoms with Gasteiger partial charge in [0.1, 0.15) is 11.3 Å². The summed E-state index contributed by atoms with van der Waals surface area (Å²) < 4.78 is 6.68. The maximum Gasteiger partial charge on any atom is 0.254 e. The van der Waals surface area contributed by atoms with E-state index in [0.717, 1.165) is 14.8 Å². The van der Waals surface area contributed by atoms with E-state index in [0.29, 0.717) is 11.3 Å². The Bertz CT molecular complexity index is 641. The van der Waals surface area contributed by atoms with Crippen LogP contribution in [0.15, 0.2) is 30.3 Å². The molecule has 1 aromatic carbocycles. The Balaban J connectivity index is 2.51. The third-order valence-corrected chi connectivity index (χ3v) is 3.49. The number of nitrogens with two attached hydrogens (primary N) is 1. The molecule has 0 aliphatic carbocycles. The van der Waals surface area contributed by atoms with E-state index < -0.39 is 5.91 Å². The monoisotopic (exact) mass is 368 g/mol. The summed E-state index contributed by atoms with van der Waals surface area (Å²) in [5.74, 6) is 0.378. The van der Waals surface area contributed by atoms with Crippen LogP contribution in [0.4, 0.5) is 0 Å². The zero-order valence-corrected chi connectivity index (χ0v) is 12.8. The number of carbonyl (C=O) groups excluding carboxylic acids is 1. The van der Waals surface area contributed by atoms with Crippen LogP contribution < -0.4 is 10.5 Å². The largest absolute Gasteiger partial charge is 0.437 e. The Labute approximate surface area is 125 Å². The molecule has 1 aromatic heterocycles. The van der Waals surface area contributed by atoms with E-state index in [-0.39, 0.29) is 5.88 Å². The Morgan fingerprint density at radius 2 is 2.00 bits per heavy atom. The molecule has 0 aliphatic rings. The summed E-state index contributed by atoms with van der Waals surface area (Å²) >= 11 is 2.16. The average molecular weight is 368 g/mol. The van der Waals surface area contributed by atoms with Crippen LogP contribution in [0.2, 0.25) is 0 Å². The van der Waals surface area contributed by atoms with Gasteiger partial charge in [0.2, 0.25) is 5.88 Å². The lowest BCUT2D eigenvalue weighted by Gasteiger charge is -2.12. The molecule has 0 unspecified atom stereocenters. The number of pyridine rings is 1. The molecular formula is C14H13IN2O2. The Kier molecular flexibility index (Phi) is 4.04. The van der Waals surface area contributed by atoms with Crippen molar-refractivity contribution in [2.75, 3.05) is 0 Å². The minimum absolute atomic E-state index is 0.258. The van der Waals surface area contributed by atoms with Crippen molar-refractivity contribution in [2.45, 2.75) is 13.8 Å². The van der Waals surface area contributed by atoms with E-state index >= 15 is 0 Å². The van der Waals surface area contributed by atoms with Crippen LogP contribution in [-0.4, -0.2) is 10.9 Å². The molecule has 0 aliphatic heterocycles. The molecule has 2 rings (SSSR count). The maximum atomic E-state index is 11.5. The van der Waals surface area contributed by atoms with E-state index in [1.807, 2.05) is 44.2 Å². The molecule has 0 atom stereocenters. The number of ether oxygens (including phenoxy) is 1. The summed E-state index contributed by atoms with van der Waals surface area (Å²) in [5.41, 5.74) is 7.27. The van der Waals surface area contributed by atoms with Crippen molar-refractivity contribution in [3.8, 4) is 11.6 Å². The summed E-state index contributed by atoms with van der Waals surface area (Å²) in [5, 5.41) is 0. The number of halogens is 1. The van der Waals surface area contributed by atoms with Crippen molar-refractivity contribution in [3.63, 3.8) is 0 Å². The fraction of sp³-hybridized carbons (Fsp3) is 0.143. The highest BCUT2D eigenvalue weighted by Gasteiger charge is 2.16. The van der Waals surface area contributed by atoms with Gasteiger partial charge in [0, 0.05) is 5.69 Å². The van der Waals surface area contributed by atoms with Gasteiger partial charge < -0.3 is 10.5 Å². The summed E-state index contributed by atoms with van der Waals surface area (Å²) in [4.78, 5) is 15.8. The first-order chi connectivity index (χ1) is 8.99. The van der Waals surface area contributed by atoms with Gasteiger partial charge in [0.25, 0.3) is 5.91 Å². The van der Waals surface area contributed by atoms with Gasteiger partial charge in [-0.3, -0.25) is 4.79 Å². The predicted octanol–water partition coefficient (Wildman–Crippen LogP) is 3.19. The van der Waals surface area contributed by atoms with Crippen molar-refractivity contribution in [1.82, 2.24) is 4.98 Å². The van der Waals surface area contributed by atoms with E-state index in [2.05, 4.69) is 27.6 Å². The first-order valence-corrected chi connectivity index (χ1v) is 6.77. The lowest BCUT2D eigenvalue weighted by Crippen LogP contribution is -2.15. The van der Waals surface area contributed by atoms with Gasteiger partial charge in [0.05, 0.1) is 3.57 Å². The molecule has 0 bridgehead atoms. The zero-order chi connectivity index (χ0) is 14.0. The fourth-order valence-corrected chi connectivity index (χ4v) is 2.31. The number of rotatable bonds is 3. The number of hydrogen-bond donors (Lipinski definition) is 1. The van der Waals surface area contributed by atoms with Crippen LogP contribution >= 0.6 is 22.6 Å². The number of para-hydroxylation sites is 1. The zero-order valence-electron chi connectivity index (χ0n) is 10.6. The second-order valence-corrected chi connectivity index (χ2v) is 5.32. The van der Waals surface area contributed by atoms with E-state index in [4.69, 9.17) is 10.5 Å². The van der Waals surface area contributed by atoms with Crippen LogP contribution in [-0.2, 0) is 0 Å². The SMILES string of the molecule is Cc1cc(C)c(C(N)=O)c(Oc2ccccc2I)n1. The van der Waals surface area contributed by atoms with Crippen molar-refractivity contribution in [3.05, 3.63) is 50.7 Å². The van der Waals surface area contributed by atoms with E-state index in [1.54, 1.807) is 0 Å². The molecule has 4 nitrogen and oxygen atoms in total. The number of amides is 1. The number of carbonyl (C=O) groups is 1. The molecule has 0 fully saturated rings. The van der Waals surface area contributed by atoms with Gasteiger partial charge in [-0.1, -0.05) is 12.1 Å². The first-order valence-electron chi connectivity index (χ1n) is 5.69. The third-order valence-electron chi connectivity index (χ3n) is 2.60. The lowest BCUT2D eigenvalue weighted by molar-refractivity contribution is 0.0997. The van der Waals surface area contributed by atoms with E-state index in [9.17, 15) is 4.79 Å². The molecule has 0 saturated carbocycles. The van der Waals surface area contributed by atoms with E-state index in [1.165, 1.54) is 0 Å². The summed E-state index contributed by atoms with van der Waals surface area (Å²) in [6, 6.07) is 9.33. The van der Waals surface area contributed by atoms with Gasteiger partial charge in [-0.05, 0) is 60.2 Å². The minimum atomic E-state index is -0.536. The Hall–Kier alpha value is -1.63. The van der Waals surface area contributed by atoms with Crippen LogP contribution in [0.1, 0.15) is 21.6 Å². The first kappa shape index (κ1) is 13.8. The Morgan fingerprint density at radius 1 is 1.32 bits per heavy atom. The highest BCUT2D eigenvalue weighted by atomic mass is 127. The van der Waals surface area contributed by atoms with Crippen molar-refractivity contribution >= 4 is 28.5 Å². The molecule has 19 heavy (non-hydrogen) atoms. The number of aryl methyl sites for hydroxylation is 2. The maximum absolute atomic E-state index is 11.5. The van der Waals surface area contributed by atoms with Crippen LogP contribution in [0.25, 0.3) is 0 Å². The van der Waals surface area contributed by atoms with Crippen LogP contribution in [0, 0.1) is 17.4 Å². The Morgan fingerprint density at radius 3 is 2.63 bits per heavy atom. The van der Waals surface area contributed by atoms with Gasteiger partial charge in [-0.15, -0.1) is 0 Å². The summed E-state index contributed by atoms with van der Waals surface area (Å²) in [6.07, 6.45) is 0. The predicted molar refractivity (Wildman–Crippen MR) is 81.5 cm³/mol. The number of primary amides is 1.